The third-order valence-electron chi connectivity index (χ3n) is 2.19. The Morgan fingerprint density at radius 2 is 1.88 bits per heavy atom. The van der Waals surface area contributed by atoms with E-state index in [9.17, 15) is 4.79 Å². The molecule has 0 bridgehead atoms. The van der Waals surface area contributed by atoms with Crippen molar-refractivity contribution in [3.05, 3.63) is 24.3 Å². The zero-order chi connectivity index (χ0) is 12.0. The van der Waals surface area contributed by atoms with Crippen LogP contribution < -0.4 is 10.6 Å². The highest BCUT2D eigenvalue weighted by Crippen LogP contribution is 2.17. The molecule has 0 saturated carbocycles. The van der Waals surface area contributed by atoms with Crippen molar-refractivity contribution in [1.29, 1.82) is 0 Å². The van der Waals surface area contributed by atoms with E-state index in [0.29, 0.717) is 18.8 Å². The van der Waals surface area contributed by atoms with Crippen LogP contribution in [0.3, 0.4) is 0 Å². The van der Waals surface area contributed by atoms with E-state index in [0.717, 1.165) is 5.69 Å². The van der Waals surface area contributed by atoms with Gasteiger partial charge in [0.1, 0.15) is 6.61 Å². The van der Waals surface area contributed by atoms with E-state index < -0.39 is 0 Å². The monoisotopic (exact) mass is 222 g/mol. The molecule has 4 heteroatoms. The van der Waals surface area contributed by atoms with Crippen molar-refractivity contribution in [3.8, 4) is 0 Å². The van der Waals surface area contributed by atoms with Crippen molar-refractivity contribution in [2.24, 2.45) is 0 Å². The van der Waals surface area contributed by atoms with Gasteiger partial charge in [-0.3, -0.25) is 4.79 Å². The van der Waals surface area contributed by atoms with Gasteiger partial charge < -0.3 is 15.4 Å². The third kappa shape index (κ3) is 2.97. The fraction of sp³-hybridized carbons (Fsp3) is 0.417. The first-order valence-electron chi connectivity index (χ1n) is 5.51. The fourth-order valence-electron chi connectivity index (χ4n) is 1.45. The van der Waals surface area contributed by atoms with Gasteiger partial charge in [-0.05, 0) is 24.3 Å². The quantitative estimate of drug-likeness (QED) is 0.735. The molecular weight excluding hydrogens is 204 g/mol. The molecule has 1 amide bonds. The van der Waals surface area contributed by atoms with E-state index in [-0.39, 0.29) is 12.5 Å². The van der Waals surface area contributed by atoms with Crippen molar-refractivity contribution >= 4 is 17.3 Å². The molecule has 1 saturated heterocycles. The lowest BCUT2D eigenvalue weighted by atomic mass is 10.2. The van der Waals surface area contributed by atoms with Gasteiger partial charge in [0.25, 0.3) is 5.91 Å². The summed E-state index contributed by atoms with van der Waals surface area (Å²) in [7, 11) is 0. The number of benzene rings is 1. The van der Waals surface area contributed by atoms with E-state index in [2.05, 4.69) is 0 Å². The summed E-state index contributed by atoms with van der Waals surface area (Å²) in [6.45, 7) is 5.38. The highest BCUT2D eigenvalue weighted by atomic mass is 16.5. The average Bonchev–Trinajstić information content (AvgIpc) is 2.34. The number of ether oxygens (including phenoxy) is 1. The Kier molecular flexibility index (Phi) is 4.79. The van der Waals surface area contributed by atoms with Crippen LogP contribution in [0.15, 0.2) is 24.3 Å². The third-order valence-corrected chi connectivity index (χ3v) is 2.19. The zero-order valence-corrected chi connectivity index (χ0v) is 9.77. The fourth-order valence-corrected chi connectivity index (χ4v) is 1.45. The molecule has 1 aromatic carbocycles. The maximum absolute atomic E-state index is 11.4. The molecule has 1 fully saturated rings. The summed E-state index contributed by atoms with van der Waals surface area (Å²) in [4.78, 5) is 13.2. The van der Waals surface area contributed by atoms with Gasteiger partial charge in [0.15, 0.2) is 0 Å². The van der Waals surface area contributed by atoms with Crippen LogP contribution in [0, 0.1) is 0 Å². The van der Waals surface area contributed by atoms with Crippen molar-refractivity contribution in [2.45, 2.75) is 13.8 Å². The minimum absolute atomic E-state index is 0.000946. The number of nitrogen functional groups attached to an aromatic ring is 1. The Morgan fingerprint density at radius 1 is 1.25 bits per heavy atom. The van der Waals surface area contributed by atoms with E-state index in [4.69, 9.17) is 10.5 Å². The van der Waals surface area contributed by atoms with Gasteiger partial charge >= 0.3 is 0 Å². The van der Waals surface area contributed by atoms with Crippen LogP contribution in [-0.2, 0) is 9.53 Å². The van der Waals surface area contributed by atoms with Crippen molar-refractivity contribution < 1.29 is 9.53 Å². The van der Waals surface area contributed by atoms with E-state index >= 15 is 0 Å². The van der Waals surface area contributed by atoms with Gasteiger partial charge in [0.2, 0.25) is 0 Å². The Bertz CT molecular complexity index is 335. The van der Waals surface area contributed by atoms with Crippen LogP contribution in [0.1, 0.15) is 13.8 Å². The molecule has 2 N–H and O–H groups in total. The summed E-state index contributed by atoms with van der Waals surface area (Å²) in [6, 6.07) is 7.27. The molecule has 1 heterocycles. The van der Waals surface area contributed by atoms with Crippen LogP contribution in [-0.4, -0.2) is 25.7 Å². The normalized spacial score (nSPS) is 15.4. The van der Waals surface area contributed by atoms with Gasteiger partial charge in [-0.15, -0.1) is 0 Å². The Morgan fingerprint density at radius 3 is 2.44 bits per heavy atom. The number of amides is 1. The van der Waals surface area contributed by atoms with Crippen LogP contribution in [0.25, 0.3) is 0 Å². The Hall–Kier alpha value is -1.55. The molecule has 1 aromatic rings. The molecule has 0 atom stereocenters. The highest BCUT2D eigenvalue weighted by Gasteiger charge is 2.19. The molecule has 0 aliphatic carbocycles. The minimum Gasteiger partial charge on any atom is -0.399 e. The smallest absolute Gasteiger partial charge is 0.253 e. The number of hydrogen-bond acceptors (Lipinski definition) is 3. The van der Waals surface area contributed by atoms with Crippen LogP contribution >= 0.6 is 0 Å². The second kappa shape index (κ2) is 6.12. The number of rotatable bonds is 1. The molecule has 1 aliphatic rings. The first-order chi connectivity index (χ1) is 7.77. The van der Waals surface area contributed by atoms with Crippen molar-refractivity contribution in [1.82, 2.24) is 0 Å². The molecule has 0 radical (unpaired) electrons. The van der Waals surface area contributed by atoms with Crippen molar-refractivity contribution in [2.75, 3.05) is 30.4 Å². The first-order valence-corrected chi connectivity index (χ1v) is 5.51. The predicted octanol–water partition coefficient (Wildman–Crippen LogP) is 1.66. The number of nitrogens with two attached hydrogens (primary N) is 1. The Labute approximate surface area is 96.0 Å². The van der Waals surface area contributed by atoms with Gasteiger partial charge in [0, 0.05) is 17.9 Å². The van der Waals surface area contributed by atoms with Gasteiger partial charge in [-0.25, -0.2) is 0 Å². The lowest BCUT2D eigenvalue weighted by Crippen LogP contribution is -2.41. The molecule has 0 unspecified atom stereocenters. The van der Waals surface area contributed by atoms with E-state index in [1.165, 1.54) is 0 Å². The number of morpholine rings is 1. The van der Waals surface area contributed by atoms with Crippen LogP contribution in [0.2, 0.25) is 0 Å². The molecule has 1 aliphatic heterocycles. The predicted molar refractivity (Wildman–Crippen MR) is 65.4 cm³/mol. The topological polar surface area (TPSA) is 55.6 Å². The second-order valence-electron chi connectivity index (χ2n) is 3.19. The molecule has 0 spiro atoms. The number of hydrogen-bond donors (Lipinski definition) is 1. The maximum atomic E-state index is 11.4. The summed E-state index contributed by atoms with van der Waals surface area (Å²) >= 11 is 0. The summed E-state index contributed by atoms with van der Waals surface area (Å²) in [5.74, 6) is 0.000946. The lowest BCUT2D eigenvalue weighted by Gasteiger charge is -2.26. The summed E-state index contributed by atoms with van der Waals surface area (Å²) < 4.78 is 5.04. The molecule has 4 nitrogen and oxygen atoms in total. The van der Waals surface area contributed by atoms with E-state index in [1.807, 2.05) is 26.0 Å². The van der Waals surface area contributed by atoms with Crippen LogP contribution in [0.4, 0.5) is 11.4 Å². The first kappa shape index (κ1) is 12.5. The Balaban J connectivity index is 0.000000606. The summed E-state index contributed by atoms with van der Waals surface area (Å²) in [6.07, 6.45) is 0. The summed E-state index contributed by atoms with van der Waals surface area (Å²) in [5, 5.41) is 0. The summed E-state index contributed by atoms with van der Waals surface area (Å²) in [5.41, 5.74) is 7.15. The molecular formula is C12H18N2O2. The molecule has 0 aromatic heterocycles. The largest absolute Gasteiger partial charge is 0.399 e. The molecule has 88 valence electrons. The van der Waals surface area contributed by atoms with Crippen LogP contribution in [0.5, 0.6) is 0 Å². The van der Waals surface area contributed by atoms with Crippen molar-refractivity contribution in [3.63, 3.8) is 0 Å². The second-order valence-corrected chi connectivity index (χ2v) is 3.19. The van der Waals surface area contributed by atoms with Gasteiger partial charge in [-0.1, -0.05) is 13.8 Å². The van der Waals surface area contributed by atoms with E-state index in [1.54, 1.807) is 17.0 Å². The van der Waals surface area contributed by atoms with Gasteiger partial charge in [-0.2, -0.15) is 0 Å². The number of carbonyl (C=O) groups excluding carboxylic acids is 1. The number of carbonyl (C=O) groups is 1. The molecule has 2 rings (SSSR count). The zero-order valence-electron chi connectivity index (χ0n) is 9.77. The SMILES string of the molecule is CC.Nc1ccc(N2CCOCC2=O)cc1. The lowest BCUT2D eigenvalue weighted by molar-refractivity contribution is -0.125. The molecule has 16 heavy (non-hydrogen) atoms. The van der Waals surface area contributed by atoms with Gasteiger partial charge in [0.05, 0.1) is 6.61 Å². The minimum atomic E-state index is 0.000946. The maximum Gasteiger partial charge on any atom is 0.253 e. The number of anilines is 2. The number of nitrogens with zero attached hydrogens (tertiary/aromatic N) is 1. The average molecular weight is 222 g/mol. The standard InChI is InChI=1S/C10H12N2O2.C2H6/c11-8-1-3-9(4-2-8)12-5-6-14-7-10(12)13;1-2/h1-4H,5-7,11H2;1-2H3. The highest BCUT2D eigenvalue weighted by molar-refractivity contribution is 5.94.